The minimum Gasteiger partial charge on any atom is -0.260 e. The van der Waals surface area contributed by atoms with Crippen LogP contribution in [0.2, 0.25) is 0 Å². The standard InChI is InChI=1S/C13H13N3O4S/c1-15(10-11-5-2-3-8-14-11)21(19,20)13-7-4-6-12(9-13)16(17)18/h2-9H,10H2,1H3. The van der Waals surface area contributed by atoms with Gasteiger partial charge in [0.15, 0.2) is 0 Å². The Labute approximate surface area is 122 Å². The van der Waals surface area contributed by atoms with Gasteiger partial charge in [0.2, 0.25) is 10.0 Å². The molecule has 1 aromatic carbocycles. The first-order valence-electron chi connectivity index (χ1n) is 6.02. The molecule has 0 fully saturated rings. The summed E-state index contributed by atoms with van der Waals surface area (Å²) in [6, 6.07) is 10.2. The lowest BCUT2D eigenvalue weighted by molar-refractivity contribution is -0.385. The second kappa shape index (κ2) is 5.98. The number of benzene rings is 1. The van der Waals surface area contributed by atoms with Gasteiger partial charge in [0, 0.05) is 25.4 Å². The van der Waals surface area contributed by atoms with Crippen LogP contribution in [0.1, 0.15) is 5.69 Å². The van der Waals surface area contributed by atoms with Gasteiger partial charge >= 0.3 is 0 Å². The summed E-state index contributed by atoms with van der Waals surface area (Å²) in [6.07, 6.45) is 1.57. The Bertz CT molecular complexity index is 747. The summed E-state index contributed by atoms with van der Waals surface area (Å²) in [4.78, 5) is 14.0. The maximum atomic E-state index is 12.4. The molecule has 1 heterocycles. The minimum absolute atomic E-state index is 0.0892. The molecule has 0 bridgehead atoms. The van der Waals surface area contributed by atoms with E-state index in [1.807, 2.05) is 0 Å². The van der Waals surface area contributed by atoms with E-state index < -0.39 is 14.9 Å². The van der Waals surface area contributed by atoms with Gasteiger partial charge in [0.05, 0.1) is 22.1 Å². The summed E-state index contributed by atoms with van der Waals surface area (Å²) in [5.41, 5.74) is 0.330. The fourth-order valence-electron chi connectivity index (χ4n) is 1.74. The molecule has 0 aliphatic carbocycles. The molecule has 8 heteroatoms. The summed E-state index contributed by atoms with van der Waals surface area (Å²) >= 11 is 0. The van der Waals surface area contributed by atoms with Crippen molar-refractivity contribution < 1.29 is 13.3 Å². The zero-order valence-electron chi connectivity index (χ0n) is 11.2. The summed E-state index contributed by atoms with van der Waals surface area (Å²) in [7, 11) is -2.40. The van der Waals surface area contributed by atoms with Crippen LogP contribution in [0.15, 0.2) is 53.6 Å². The van der Waals surface area contributed by atoms with Crippen molar-refractivity contribution in [2.24, 2.45) is 0 Å². The second-order valence-corrected chi connectivity index (χ2v) is 6.38. The summed E-state index contributed by atoms with van der Waals surface area (Å²) in [6.45, 7) is 0.0892. The van der Waals surface area contributed by atoms with Crippen molar-refractivity contribution in [3.63, 3.8) is 0 Å². The zero-order valence-corrected chi connectivity index (χ0v) is 12.0. The Morgan fingerprint density at radius 2 is 2.00 bits per heavy atom. The first-order chi connectivity index (χ1) is 9.91. The molecule has 21 heavy (non-hydrogen) atoms. The number of aromatic nitrogens is 1. The van der Waals surface area contributed by atoms with E-state index in [0.29, 0.717) is 5.69 Å². The van der Waals surface area contributed by atoms with Crippen LogP contribution < -0.4 is 0 Å². The van der Waals surface area contributed by atoms with E-state index >= 15 is 0 Å². The highest BCUT2D eigenvalue weighted by molar-refractivity contribution is 7.89. The molecule has 0 amide bonds. The Kier molecular flexibility index (Phi) is 4.29. The molecule has 0 saturated carbocycles. The third-order valence-electron chi connectivity index (χ3n) is 2.85. The van der Waals surface area contributed by atoms with Crippen LogP contribution in [-0.2, 0) is 16.6 Å². The number of nitrogens with zero attached hydrogens (tertiary/aromatic N) is 3. The number of nitro benzene ring substituents is 1. The predicted molar refractivity (Wildman–Crippen MR) is 76.0 cm³/mol. The van der Waals surface area contributed by atoms with Crippen molar-refractivity contribution in [1.29, 1.82) is 0 Å². The minimum atomic E-state index is -3.80. The first-order valence-corrected chi connectivity index (χ1v) is 7.46. The van der Waals surface area contributed by atoms with Gasteiger partial charge in [-0.15, -0.1) is 0 Å². The SMILES string of the molecule is CN(Cc1ccccn1)S(=O)(=O)c1cccc([N+](=O)[O-])c1. The molecule has 1 aromatic heterocycles. The molecule has 0 spiro atoms. The number of hydrogen-bond donors (Lipinski definition) is 0. The van der Waals surface area contributed by atoms with Crippen LogP contribution in [0.3, 0.4) is 0 Å². The lowest BCUT2D eigenvalue weighted by atomic mass is 10.3. The number of rotatable bonds is 5. The number of nitro groups is 1. The number of sulfonamides is 1. The van der Waals surface area contributed by atoms with E-state index in [1.165, 1.54) is 25.2 Å². The van der Waals surface area contributed by atoms with Crippen molar-refractivity contribution in [1.82, 2.24) is 9.29 Å². The average molecular weight is 307 g/mol. The van der Waals surface area contributed by atoms with Gasteiger partial charge in [-0.3, -0.25) is 15.1 Å². The molecule has 0 radical (unpaired) electrons. The molecule has 2 aromatic rings. The topological polar surface area (TPSA) is 93.4 Å². The highest BCUT2D eigenvalue weighted by Gasteiger charge is 2.23. The van der Waals surface area contributed by atoms with E-state index in [2.05, 4.69) is 4.98 Å². The van der Waals surface area contributed by atoms with Crippen molar-refractivity contribution in [2.75, 3.05) is 7.05 Å². The van der Waals surface area contributed by atoms with Gasteiger partial charge in [-0.25, -0.2) is 8.42 Å². The number of hydrogen-bond acceptors (Lipinski definition) is 5. The summed E-state index contributed by atoms with van der Waals surface area (Å²) in [5.74, 6) is 0. The van der Waals surface area contributed by atoms with Crippen molar-refractivity contribution in [3.05, 3.63) is 64.5 Å². The predicted octanol–water partition coefficient (Wildman–Crippen LogP) is 1.81. The molecule has 0 unspecified atom stereocenters. The third-order valence-corrected chi connectivity index (χ3v) is 4.65. The summed E-state index contributed by atoms with van der Waals surface area (Å²) < 4.78 is 25.9. The fraction of sp³-hybridized carbons (Fsp3) is 0.154. The maximum Gasteiger partial charge on any atom is 0.270 e. The van der Waals surface area contributed by atoms with Crippen LogP contribution in [0.4, 0.5) is 5.69 Å². The Morgan fingerprint density at radius 3 is 2.62 bits per heavy atom. The Hall–Kier alpha value is -2.32. The normalized spacial score (nSPS) is 11.5. The van der Waals surface area contributed by atoms with Crippen molar-refractivity contribution in [3.8, 4) is 0 Å². The molecule has 0 atom stereocenters. The number of pyridine rings is 1. The summed E-state index contributed by atoms with van der Waals surface area (Å²) in [5, 5.41) is 10.7. The smallest absolute Gasteiger partial charge is 0.260 e. The third kappa shape index (κ3) is 3.41. The zero-order chi connectivity index (χ0) is 15.5. The second-order valence-electron chi connectivity index (χ2n) is 4.34. The van der Waals surface area contributed by atoms with Crippen LogP contribution in [0.25, 0.3) is 0 Å². The molecule has 0 aliphatic heterocycles. The molecular weight excluding hydrogens is 294 g/mol. The lowest BCUT2D eigenvalue weighted by Crippen LogP contribution is -2.26. The molecule has 0 N–H and O–H groups in total. The van der Waals surface area contributed by atoms with Crippen LogP contribution in [-0.4, -0.2) is 29.7 Å². The highest BCUT2D eigenvalue weighted by atomic mass is 32.2. The largest absolute Gasteiger partial charge is 0.270 e. The molecule has 110 valence electrons. The Balaban J connectivity index is 2.29. The van der Waals surface area contributed by atoms with E-state index in [9.17, 15) is 18.5 Å². The molecular formula is C13H13N3O4S. The van der Waals surface area contributed by atoms with Crippen molar-refractivity contribution in [2.45, 2.75) is 11.4 Å². The first kappa shape index (κ1) is 15.1. The van der Waals surface area contributed by atoms with Crippen molar-refractivity contribution >= 4 is 15.7 Å². The molecule has 0 aliphatic rings. The Morgan fingerprint density at radius 1 is 1.24 bits per heavy atom. The van der Waals surface area contributed by atoms with Gasteiger partial charge in [-0.2, -0.15) is 4.31 Å². The van der Waals surface area contributed by atoms with Crippen LogP contribution >= 0.6 is 0 Å². The van der Waals surface area contributed by atoms with E-state index in [4.69, 9.17) is 0 Å². The fourth-order valence-corrected chi connectivity index (χ4v) is 2.92. The highest BCUT2D eigenvalue weighted by Crippen LogP contribution is 2.21. The van der Waals surface area contributed by atoms with E-state index in [0.717, 1.165) is 10.4 Å². The average Bonchev–Trinajstić information content (AvgIpc) is 2.48. The van der Waals surface area contributed by atoms with Gasteiger partial charge in [-0.1, -0.05) is 12.1 Å². The monoisotopic (exact) mass is 307 g/mol. The number of non-ortho nitro benzene ring substituents is 1. The molecule has 2 rings (SSSR count). The molecule has 0 saturated heterocycles. The van der Waals surface area contributed by atoms with Gasteiger partial charge in [0.25, 0.3) is 5.69 Å². The van der Waals surface area contributed by atoms with E-state index in [-0.39, 0.29) is 17.1 Å². The van der Waals surface area contributed by atoms with Gasteiger partial charge in [0.1, 0.15) is 0 Å². The molecule has 7 nitrogen and oxygen atoms in total. The lowest BCUT2D eigenvalue weighted by Gasteiger charge is -2.16. The van der Waals surface area contributed by atoms with Crippen LogP contribution in [0.5, 0.6) is 0 Å². The van der Waals surface area contributed by atoms with E-state index in [1.54, 1.807) is 24.4 Å². The van der Waals surface area contributed by atoms with Gasteiger partial charge in [-0.05, 0) is 18.2 Å². The maximum absolute atomic E-state index is 12.4. The van der Waals surface area contributed by atoms with Gasteiger partial charge < -0.3 is 0 Å². The van der Waals surface area contributed by atoms with Crippen LogP contribution in [0, 0.1) is 10.1 Å². The quantitative estimate of drug-likeness (QED) is 0.620.